The molecule has 0 aliphatic heterocycles. The molecular formula is C11H15BrN4S. The maximum Gasteiger partial charge on any atom is 0.0568 e. The molecule has 2 rings (SSSR count). The predicted molar refractivity (Wildman–Crippen MR) is 73.6 cm³/mol. The number of nitrogens with zero attached hydrogens (tertiary/aromatic N) is 2. The second-order valence-electron chi connectivity index (χ2n) is 3.84. The van der Waals surface area contributed by atoms with Crippen LogP contribution in [-0.2, 0) is 13.5 Å². The Morgan fingerprint density at radius 3 is 2.94 bits per heavy atom. The fourth-order valence-electron chi connectivity index (χ4n) is 1.78. The summed E-state index contributed by atoms with van der Waals surface area (Å²) in [5, 5.41) is 6.22. The molecule has 2 aromatic heterocycles. The first-order chi connectivity index (χ1) is 8.22. The van der Waals surface area contributed by atoms with Gasteiger partial charge in [0, 0.05) is 28.3 Å². The SMILES string of the molecule is Cn1nccc1CCC(NN)c1sccc1Br. The maximum atomic E-state index is 5.62. The Morgan fingerprint density at radius 1 is 1.59 bits per heavy atom. The second-order valence-corrected chi connectivity index (χ2v) is 5.64. The summed E-state index contributed by atoms with van der Waals surface area (Å²) >= 11 is 5.25. The van der Waals surface area contributed by atoms with Gasteiger partial charge in [-0.3, -0.25) is 16.0 Å². The molecule has 0 aromatic carbocycles. The molecule has 0 aliphatic carbocycles. The van der Waals surface area contributed by atoms with Crippen molar-refractivity contribution in [2.45, 2.75) is 18.9 Å². The van der Waals surface area contributed by atoms with Crippen molar-refractivity contribution in [2.24, 2.45) is 12.9 Å². The van der Waals surface area contributed by atoms with Gasteiger partial charge in [-0.2, -0.15) is 5.10 Å². The van der Waals surface area contributed by atoms with Crippen molar-refractivity contribution in [3.63, 3.8) is 0 Å². The molecule has 0 saturated heterocycles. The third kappa shape index (κ3) is 2.95. The molecule has 0 fully saturated rings. The topological polar surface area (TPSA) is 55.9 Å². The van der Waals surface area contributed by atoms with E-state index in [0.29, 0.717) is 0 Å². The van der Waals surface area contributed by atoms with Crippen LogP contribution >= 0.6 is 27.3 Å². The number of rotatable bonds is 5. The van der Waals surface area contributed by atoms with E-state index >= 15 is 0 Å². The summed E-state index contributed by atoms with van der Waals surface area (Å²) in [6.07, 6.45) is 3.73. The molecule has 0 bridgehead atoms. The number of hydrazine groups is 1. The van der Waals surface area contributed by atoms with E-state index in [4.69, 9.17) is 5.84 Å². The lowest BCUT2D eigenvalue weighted by molar-refractivity contribution is 0.512. The van der Waals surface area contributed by atoms with Crippen LogP contribution in [0.2, 0.25) is 0 Å². The molecule has 3 N–H and O–H groups in total. The summed E-state index contributed by atoms with van der Waals surface area (Å²) in [7, 11) is 1.96. The molecule has 4 nitrogen and oxygen atoms in total. The van der Waals surface area contributed by atoms with Crippen LogP contribution in [0.4, 0.5) is 0 Å². The number of hydrogen-bond donors (Lipinski definition) is 2. The van der Waals surface area contributed by atoms with E-state index in [1.165, 1.54) is 10.6 Å². The van der Waals surface area contributed by atoms with E-state index in [1.807, 2.05) is 24.0 Å². The van der Waals surface area contributed by atoms with Crippen LogP contribution in [0.1, 0.15) is 23.0 Å². The van der Waals surface area contributed by atoms with Crippen LogP contribution < -0.4 is 11.3 Å². The van der Waals surface area contributed by atoms with E-state index in [1.54, 1.807) is 11.3 Å². The quantitative estimate of drug-likeness (QED) is 0.658. The largest absolute Gasteiger partial charge is 0.273 e. The minimum Gasteiger partial charge on any atom is -0.273 e. The van der Waals surface area contributed by atoms with Gasteiger partial charge in [0.25, 0.3) is 0 Å². The molecule has 0 saturated carbocycles. The Labute approximate surface area is 113 Å². The third-order valence-electron chi connectivity index (χ3n) is 2.77. The van der Waals surface area contributed by atoms with Gasteiger partial charge < -0.3 is 0 Å². The highest BCUT2D eigenvalue weighted by Gasteiger charge is 2.15. The summed E-state index contributed by atoms with van der Waals surface area (Å²) in [5.74, 6) is 5.62. The fraction of sp³-hybridized carbons (Fsp3) is 0.364. The number of aromatic nitrogens is 2. The van der Waals surface area contributed by atoms with Crippen LogP contribution in [0.25, 0.3) is 0 Å². The van der Waals surface area contributed by atoms with Gasteiger partial charge in [0.2, 0.25) is 0 Å². The molecular weight excluding hydrogens is 300 g/mol. The lowest BCUT2D eigenvalue weighted by Crippen LogP contribution is -2.28. The number of halogens is 1. The van der Waals surface area contributed by atoms with Gasteiger partial charge in [0.1, 0.15) is 0 Å². The number of hydrogen-bond acceptors (Lipinski definition) is 4. The number of nitrogens with one attached hydrogen (secondary N) is 1. The summed E-state index contributed by atoms with van der Waals surface area (Å²) in [5.41, 5.74) is 4.10. The van der Waals surface area contributed by atoms with Crippen LogP contribution in [-0.4, -0.2) is 9.78 Å². The highest BCUT2D eigenvalue weighted by molar-refractivity contribution is 9.10. The lowest BCUT2D eigenvalue weighted by Gasteiger charge is -2.14. The molecule has 0 spiro atoms. The van der Waals surface area contributed by atoms with E-state index in [0.717, 1.165) is 17.3 Å². The van der Waals surface area contributed by atoms with E-state index in [2.05, 4.69) is 37.9 Å². The third-order valence-corrected chi connectivity index (χ3v) is 4.76. The van der Waals surface area contributed by atoms with Gasteiger partial charge in [0.15, 0.2) is 0 Å². The standard InChI is InChI=1S/C11H15BrN4S/c1-16-8(4-6-14-16)2-3-10(15-13)11-9(12)5-7-17-11/h4-7,10,15H,2-3,13H2,1H3. The van der Waals surface area contributed by atoms with Gasteiger partial charge in [0.05, 0.1) is 6.04 Å². The molecule has 0 radical (unpaired) electrons. The zero-order valence-corrected chi connectivity index (χ0v) is 12.0. The van der Waals surface area contributed by atoms with Crippen LogP contribution in [0.3, 0.4) is 0 Å². The average Bonchev–Trinajstić information content (AvgIpc) is 2.90. The van der Waals surface area contributed by atoms with Gasteiger partial charge >= 0.3 is 0 Å². The molecule has 0 aliphatic rings. The summed E-state index contributed by atoms with van der Waals surface area (Å²) in [4.78, 5) is 1.25. The minimum absolute atomic E-state index is 0.180. The Morgan fingerprint density at radius 2 is 2.41 bits per heavy atom. The van der Waals surface area contributed by atoms with Crippen molar-refractivity contribution in [1.29, 1.82) is 0 Å². The molecule has 1 atom stereocenters. The highest BCUT2D eigenvalue weighted by Crippen LogP contribution is 2.31. The summed E-state index contributed by atoms with van der Waals surface area (Å²) in [6, 6.07) is 4.27. The number of thiophene rings is 1. The number of nitrogens with two attached hydrogens (primary N) is 1. The zero-order chi connectivity index (χ0) is 12.3. The molecule has 0 amide bonds. The fourth-order valence-corrected chi connectivity index (χ4v) is 3.53. The smallest absolute Gasteiger partial charge is 0.0568 e. The van der Waals surface area contributed by atoms with Crippen molar-refractivity contribution in [2.75, 3.05) is 0 Å². The maximum absolute atomic E-state index is 5.62. The molecule has 2 heterocycles. The predicted octanol–water partition coefficient (Wildman–Crippen LogP) is 2.38. The Bertz CT molecular complexity index is 479. The molecule has 6 heteroatoms. The van der Waals surface area contributed by atoms with Crippen molar-refractivity contribution in [1.82, 2.24) is 15.2 Å². The summed E-state index contributed by atoms with van der Waals surface area (Å²) < 4.78 is 3.02. The summed E-state index contributed by atoms with van der Waals surface area (Å²) in [6.45, 7) is 0. The monoisotopic (exact) mass is 314 g/mol. The Kier molecular flexibility index (Phi) is 4.33. The minimum atomic E-state index is 0.180. The highest BCUT2D eigenvalue weighted by atomic mass is 79.9. The van der Waals surface area contributed by atoms with E-state index < -0.39 is 0 Å². The first-order valence-corrected chi connectivity index (χ1v) is 7.05. The molecule has 92 valence electrons. The average molecular weight is 315 g/mol. The van der Waals surface area contributed by atoms with E-state index in [-0.39, 0.29) is 6.04 Å². The van der Waals surface area contributed by atoms with Gasteiger partial charge in [-0.15, -0.1) is 11.3 Å². The van der Waals surface area contributed by atoms with Gasteiger partial charge in [-0.1, -0.05) is 0 Å². The van der Waals surface area contributed by atoms with Crippen molar-refractivity contribution in [3.05, 3.63) is 38.8 Å². The van der Waals surface area contributed by atoms with E-state index in [9.17, 15) is 0 Å². The first kappa shape index (κ1) is 12.8. The van der Waals surface area contributed by atoms with Crippen LogP contribution in [0.5, 0.6) is 0 Å². The lowest BCUT2D eigenvalue weighted by atomic mass is 10.1. The number of aryl methyl sites for hydroxylation is 2. The van der Waals surface area contributed by atoms with Crippen LogP contribution in [0.15, 0.2) is 28.2 Å². The molecule has 2 aromatic rings. The van der Waals surface area contributed by atoms with Gasteiger partial charge in [-0.05, 0) is 46.3 Å². The van der Waals surface area contributed by atoms with Crippen molar-refractivity contribution >= 4 is 27.3 Å². The Hall–Kier alpha value is -0.690. The Balaban J connectivity index is 2.02. The van der Waals surface area contributed by atoms with Crippen LogP contribution in [0, 0.1) is 0 Å². The van der Waals surface area contributed by atoms with Crippen molar-refractivity contribution < 1.29 is 0 Å². The molecule has 17 heavy (non-hydrogen) atoms. The van der Waals surface area contributed by atoms with Gasteiger partial charge in [-0.25, -0.2) is 0 Å². The normalized spacial score (nSPS) is 12.9. The first-order valence-electron chi connectivity index (χ1n) is 5.38. The van der Waals surface area contributed by atoms with Crippen molar-refractivity contribution in [3.8, 4) is 0 Å². The zero-order valence-electron chi connectivity index (χ0n) is 9.56. The molecule has 1 unspecified atom stereocenters. The second kappa shape index (κ2) is 5.77.